The maximum absolute atomic E-state index is 13.0. The summed E-state index contributed by atoms with van der Waals surface area (Å²) < 4.78 is 61.8. The van der Waals surface area contributed by atoms with E-state index in [-0.39, 0.29) is 13.0 Å². The lowest BCUT2D eigenvalue weighted by molar-refractivity contribution is -0.145. The Morgan fingerprint density at radius 3 is 2.06 bits per heavy atom. The molecule has 0 radical (unpaired) electrons. The number of alkyl halides is 5. The maximum Gasteiger partial charge on any atom is 0.401 e. The molecule has 0 aliphatic carbocycles. The summed E-state index contributed by atoms with van der Waals surface area (Å²) in [4.78, 5) is 0.772. The second-order valence-corrected chi connectivity index (χ2v) is 3.65. The molecule has 1 saturated heterocycles. The first kappa shape index (κ1) is 15.6. The molecular formula is C10H18F5N. The molecule has 0 aromatic carbocycles. The van der Waals surface area contributed by atoms with Gasteiger partial charge in [0.1, 0.15) is 0 Å². The third-order valence-electron chi connectivity index (χ3n) is 2.41. The largest absolute Gasteiger partial charge is 0.401 e. The quantitative estimate of drug-likeness (QED) is 0.674. The topological polar surface area (TPSA) is 3.24 Å². The van der Waals surface area contributed by atoms with Gasteiger partial charge in [0.2, 0.25) is 0 Å². The van der Waals surface area contributed by atoms with Crippen molar-refractivity contribution in [1.29, 1.82) is 0 Å². The summed E-state index contributed by atoms with van der Waals surface area (Å²) in [5.41, 5.74) is 0. The Morgan fingerprint density at radius 2 is 1.75 bits per heavy atom. The second kappa shape index (κ2) is 5.80. The van der Waals surface area contributed by atoms with Crippen molar-refractivity contribution in [2.45, 2.75) is 39.3 Å². The van der Waals surface area contributed by atoms with Crippen molar-refractivity contribution in [2.75, 3.05) is 19.6 Å². The first-order chi connectivity index (χ1) is 7.24. The molecular weight excluding hydrogens is 229 g/mol. The number of nitrogens with zero attached hydrogens (tertiary/aromatic N) is 1. The van der Waals surface area contributed by atoms with E-state index in [2.05, 4.69) is 0 Å². The molecule has 6 heteroatoms. The van der Waals surface area contributed by atoms with Gasteiger partial charge in [0.05, 0.1) is 13.1 Å². The van der Waals surface area contributed by atoms with Crippen LogP contribution in [0.1, 0.15) is 27.2 Å². The van der Waals surface area contributed by atoms with Crippen molar-refractivity contribution in [3.8, 4) is 0 Å². The van der Waals surface area contributed by atoms with E-state index in [1.165, 1.54) is 0 Å². The number of halogens is 5. The minimum absolute atomic E-state index is 0.164. The summed E-state index contributed by atoms with van der Waals surface area (Å²) in [6, 6.07) is 0. The Bertz CT molecular complexity index is 202. The van der Waals surface area contributed by atoms with Crippen molar-refractivity contribution < 1.29 is 22.0 Å². The van der Waals surface area contributed by atoms with Crippen LogP contribution in [-0.4, -0.2) is 36.6 Å². The fourth-order valence-corrected chi connectivity index (χ4v) is 1.74. The predicted octanol–water partition coefficient (Wildman–Crippen LogP) is 3.55. The van der Waals surface area contributed by atoms with Crippen molar-refractivity contribution in [2.24, 2.45) is 5.92 Å². The van der Waals surface area contributed by atoms with Gasteiger partial charge in [-0.1, -0.05) is 20.8 Å². The smallest absolute Gasteiger partial charge is 0.289 e. The molecule has 1 atom stereocenters. The molecule has 0 spiro atoms. The molecule has 0 saturated carbocycles. The van der Waals surface area contributed by atoms with Crippen LogP contribution in [0.15, 0.2) is 0 Å². The highest BCUT2D eigenvalue weighted by molar-refractivity contribution is 4.90. The fourth-order valence-electron chi connectivity index (χ4n) is 1.74. The molecule has 16 heavy (non-hydrogen) atoms. The summed E-state index contributed by atoms with van der Waals surface area (Å²) in [7, 11) is 0. The molecule has 98 valence electrons. The Hall–Kier alpha value is -0.390. The lowest BCUT2D eigenvalue weighted by atomic mass is 10.0. The van der Waals surface area contributed by atoms with Crippen LogP contribution in [0, 0.1) is 5.92 Å². The summed E-state index contributed by atoms with van der Waals surface area (Å²) in [6.07, 6.45) is -4.18. The normalized spacial score (nSPS) is 25.1. The molecule has 1 nitrogen and oxygen atoms in total. The Labute approximate surface area is 92.6 Å². The van der Waals surface area contributed by atoms with Gasteiger partial charge in [0.25, 0.3) is 5.92 Å². The molecule has 0 N–H and O–H groups in total. The van der Waals surface area contributed by atoms with Gasteiger partial charge >= 0.3 is 6.18 Å². The second-order valence-electron chi connectivity index (χ2n) is 3.65. The third kappa shape index (κ3) is 4.63. The van der Waals surface area contributed by atoms with E-state index >= 15 is 0 Å². The van der Waals surface area contributed by atoms with Crippen molar-refractivity contribution in [3.63, 3.8) is 0 Å². The molecule has 0 aromatic heterocycles. The van der Waals surface area contributed by atoms with E-state index in [0.717, 1.165) is 4.90 Å². The van der Waals surface area contributed by atoms with E-state index in [1.807, 2.05) is 13.8 Å². The lowest BCUT2D eigenvalue weighted by Gasteiger charge is -2.16. The minimum atomic E-state index is -4.39. The average molecular weight is 247 g/mol. The van der Waals surface area contributed by atoms with E-state index in [0.29, 0.717) is 0 Å². The zero-order valence-corrected chi connectivity index (χ0v) is 9.74. The number of hydrogen-bond acceptors (Lipinski definition) is 1. The van der Waals surface area contributed by atoms with Crippen LogP contribution >= 0.6 is 0 Å². The molecule has 0 amide bonds. The van der Waals surface area contributed by atoms with Gasteiger partial charge in [-0.3, -0.25) is 4.90 Å². The van der Waals surface area contributed by atoms with Crippen LogP contribution in [0.2, 0.25) is 0 Å². The van der Waals surface area contributed by atoms with Crippen LogP contribution in [0.5, 0.6) is 0 Å². The van der Waals surface area contributed by atoms with Crippen molar-refractivity contribution in [1.82, 2.24) is 4.90 Å². The highest BCUT2D eigenvalue weighted by Gasteiger charge is 2.49. The SMILES string of the molecule is CC.CCC1CN(CC(F)(F)F)CC1(F)F. The predicted molar refractivity (Wildman–Crippen MR) is 52.6 cm³/mol. The van der Waals surface area contributed by atoms with Gasteiger partial charge in [-0.2, -0.15) is 13.2 Å². The molecule has 0 bridgehead atoms. The minimum Gasteiger partial charge on any atom is -0.289 e. The Balaban J connectivity index is 0.00000106. The molecule has 0 aromatic rings. The van der Waals surface area contributed by atoms with Gasteiger partial charge in [-0.15, -0.1) is 0 Å². The number of hydrogen-bond donors (Lipinski definition) is 0. The van der Waals surface area contributed by atoms with Crippen LogP contribution in [0.25, 0.3) is 0 Å². The fraction of sp³-hybridized carbons (Fsp3) is 1.00. The summed E-state index contributed by atoms with van der Waals surface area (Å²) in [6.45, 7) is 3.39. The highest BCUT2D eigenvalue weighted by atomic mass is 19.4. The van der Waals surface area contributed by atoms with Crippen LogP contribution in [-0.2, 0) is 0 Å². The van der Waals surface area contributed by atoms with Gasteiger partial charge in [-0.05, 0) is 6.42 Å². The first-order valence-corrected chi connectivity index (χ1v) is 5.41. The lowest BCUT2D eigenvalue weighted by Crippen LogP contribution is -2.34. The summed E-state index contributed by atoms with van der Waals surface area (Å²) in [5.74, 6) is -3.91. The van der Waals surface area contributed by atoms with Gasteiger partial charge in [-0.25, -0.2) is 8.78 Å². The van der Waals surface area contributed by atoms with E-state index < -0.39 is 31.1 Å². The van der Waals surface area contributed by atoms with Crippen LogP contribution in [0.4, 0.5) is 22.0 Å². The zero-order chi connectivity index (χ0) is 13.0. The Kier molecular flexibility index (Phi) is 5.65. The van der Waals surface area contributed by atoms with Crippen molar-refractivity contribution in [3.05, 3.63) is 0 Å². The van der Waals surface area contributed by atoms with Crippen LogP contribution < -0.4 is 0 Å². The number of likely N-dealkylation sites (tertiary alicyclic amines) is 1. The maximum atomic E-state index is 13.0. The molecule has 1 heterocycles. The van der Waals surface area contributed by atoms with E-state index in [4.69, 9.17) is 0 Å². The number of rotatable bonds is 2. The van der Waals surface area contributed by atoms with Crippen LogP contribution in [0.3, 0.4) is 0 Å². The molecule has 1 fully saturated rings. The summed E-state index contributed by atoms with van der Waals surface area (Å²) >= 11 is 0. The third-order valence-corrected chi connectivity index (χ3v) is 2.41. The highest BCUT2D eigenvalue weighted by Crippen LogP contribution is 2.36. The molecule has 1 aliphatic rings. The molecule has 1 unspecified atom stereocenters. The molecule has 1 rings (SSSR count). The zero-order valence-electron chi connectivity index (χ0n) is 9.74. The van der Waals surface area contributed by atoms with Gasteiger partial charge < -0.3 is 0 Å². The van der Waals surface area contributed by atoms with E-state index in [9.17, 15) is 22.0 Å². The Morgan fingerprint density at radius 1 is 1.25 bits per heavy atom. The van der Waals surface area contributed by atoms with E-state index in [1.54, 1.807) is 6.92 Å². The molecule has 1 aliphatic heterocycles. The van der Waals surface area contributed by atoms with Gasteiger partial charge in [0.15, 0.2) is 0 Å². The first-order valence-electron chi connectivity index (χ1n) is 5.41. The standard InChI is InChI=1S/C8H12F5N.C2H6/c1-2-6-3-14(4-7(6,9)10)5-8(11,12)13;1-2/h6H,2-5H2,1H3;1-2H3. The van der Waals surface area contributed by atoms with Gasteiger partial charge in [0, 0.05) is 12.5 Å². The summed E-state index contributed by atoms with van der Waals surface area (Å²) in [5, 5.41) is 0. The average Bonchev–Trinajstić information content (AvgIpc) is 2.40. The van der Waals surface area contributed by atoms with Crippen molar-refractivity contribution >= 4 is 0 Å². The monoisotopic (exact) mass is 247 g/mol.